The van der Waals surface area contributed by atoms with Crippen LogP contribution in [0.2, 0.25) is 0 Å². The highest BCUT2D eigenvalue weighted by Crippen LogP contribution is 2.15. The van der Waals surface area contributed by atoms with E-state index in [0.717, 1.165) is 12.1 Å². The summed E-state index contributed by atoms with van der Waals surface area (Å²) in [5.74, 6) is -3.74. The predicted octanol–water partition coefficient (Wildman–Crippen LogP) is 3.07. The zero-order valence-electron chi connectivity index (χ0n) is 13.1. The summed E-state index contributed by atoms with van der Waals surface area (Å²) in [6.45, 7) is -0.444. The number of rotatable bonds is 6. The van der Waals surface area contributed by atoms with Crippen LogP contribution in [0.5, 0.6) is 0 Å². The Hall–Kier alpha value is -3.27. The van der Waals surface area contributed by atoms with Crippen molar-refractivity contribution in [2.45, 2.75) is 6.42 Å². The predicted molar refractivity (Wildman–Crippen MR) is 85.7 cm³/mol. The van der Waals surface area contributed by atoms with Crippen LogP contribution in [-0.4, -0.2) is 25.0 Å². The molecule has 0 aliphatic rings. The molecule has 0 fully saturated rings. The van der Waals surface area contributed by atoms with E-state index in [1.165, 1.54) is 4.90 Å². The van der Waals surface area contributed by atoms with Gasteiger partial charge in [0.2, 0.25) is 0 Å². The van der Waals surface area contributed by atoms with Crippen molar-refractivity contribution in [3.05, 3.63) is 65.7 Å². The summed E-state index contributed by atoms with van der Waals surface area (Å²) in [6, 6.07) is 13.1. The van der Waals surface area contributed by atoms with Crippen LogP contribution in [0.3, 0.4) is 0 Å². The lowest BCUT2D eigenvalue weighted by molar-refractivity contribution is -0.121. The minimum atomic E-state index is -1.18. The fraction of sp³-hybridized carbons (Fsp3) is 0.167. The van der Waals surface area contributed by atoms with E-state index < -0.39 is 30.1 Å². The first-order chi connectivity index (χ1) is 12.0. The summed E-state index contributed by atoms with van der Waals surface area (Å²) in [5.41, 5.74) is 0.363. The van der Waals surface area contributed by atoms with Crippen molar-refractivity contribution in [1.82, 2.24) is 0 Å². The van der Waals surface area contributed by atoms with E-state index in [9.17, 15) is 18.4 Å². The lowest BCUT2D eigenvalue weighted by Gasteiger charge is -2.21. The highest BCUT2D eigenvalue weighted by atomic mass is 19.2. The zero-order chi connectivity index (χ0) is 18.2. The van der Waals surface area contributed by atoms with Gasteiger partial charge in [-0.2, -0.15) is 5.26 Å². The Balaban J connectivity index is 2.04. The third-order valence-electron chi connectivity index (χ3n) is 3.30. The van der Waals surface area contributed by atoms with Crippen molar-refractivity contribution in [2.24, 2.45) is 0 Å². The third-order valence-corrected chi connectivity index (χ3v) is 3.30. The van der Waals surface area contributed by atoms with E-state index in [2.05, 4.69) is 0 Å². The van der Waals surface area contributed by atoms with E-state index in [1.54, 1.807) is 30.3 Å². The number of nitriles is 1. The first kappa shape index (κ1) is 18.1. The summed E-state index contributed by atoms with van der Waals surface area (Å²) in [7, 11) is 0. The lowest BCUT2D eigenvalue weighted by atomic mass is 10.2. The number of hydrogen-bond donors (Lipinski definition) is 0. The molecule has 0 aliphatic carbocycles. The van der Waals surface area contributed by atoms with E-state index in [-0.39, 0.29) is 18.5 Å². The molecule has 0 aromatic heterocycles. The molecular weight excluding hydrogens is 330 g/mol. The van der Waals surface area contributed by atoms with Gasteiger partial charge in [0.1, 0.15) is 0 Å². The Labute approximate surface area is 143 Å². The van der Waals surface area contributed by atoms with Crippen LogP contribution in [0.4, 0.5) is 14.5 Å². The van der Waals surface area contributed by atoms with E-state index >= 15 is 0 Å². The number of carbonyl (C=O) groups is 2. The smallest absolute Gasteiger partial charge is 0.338 e. The van der Waals surface area contributed by atoms with Crippen LogP contribution in [0.15, 0.2) is 48.5 Å². The number of ether oxygens (including phenoxy) is 1. The molecule has 0 saturated heterocycles. The summed E-state index contributed by atoms with van der Waals surface area (Å²) in [5, 5.41) is 8.72. The van der Waals surface area contributed by atoms with Crippen LogP contribution in [0.25, 0.3) is 0 Å². The molecule has 5 nitrogen and oxygen atoms in total. The number of nitrogens with zero attached hydrogens (tertiary/aromatic N) is 2. The molecule has 2 aromatic carbocycles. The molecular formula is C18H14F2N2O3. The molecule has 0 N–H and O–H groups in total. The first-order valence-electron chi connectivity index (χ1n) is 7.37. The molecule has 0 atom stereocenters. The van der Waals surface area contributed by atoms with Crippen molar-refractivity contribution in [2.75, 3.05) is 18.1 Å². The lowest BCUT2D eigenvalue weighted by Crippen LogP contribution is -2.35. The van der Waals surface area contributed by atoms with Gasteiger partial charge in [-0.1, -0.05) is 18.2 Å². The van der Waals surface area contributed by atoms with Crippen LogP contribution in [0, 0.1) is 23.0 Å². The van der Waals surface area contributed by atoms with Gasteiger partial charge in [0.05, 0.1) is 18.1 Å². The van der Waals surface area contributed by atoms with Gasteiger partial charge in [0.25, 0.3) is 5.91 Å². The van der Waals surface area contributed by atoms with Gasteiger partial charge >= 0.3 is 5.97 Å². The number of esters is 1. The number of para-hydroxylation sites is 1. The van der Waals surface area contributed by atoms with Crippen molar-refractivity contribution in [3.8, 4) is 6.07 Å². The van der Waals surface area contributed by atoms with Crippen LogP contribution >= 0.6 is 0 Å². The summed E-state index contributed by atoms with van der Waals surface area (Å²) < 4.78 is 30.9. The second-order valence-electron chi connectivity index (χ2n) is 4.99. The minimum Gasteiger partial charge on any atom is -0.452 e. The molecule has 25 heavy (non-hydrogen) atoms. The standard InChI is InChI=1S/C18H14F2N2O3/c19-15-8-7-13(11-16(15)20)18(24)25-12-17(23)22(10-4-9-21)14-5-2-1-3-6-14/h1-3,5-8,11H,4,10,12H2. The molecule has 128 valence electrons. The van der Waals surface area contributed by atoms with E-state index in [4.69, 9.17) is 10.00 Å². The molecule has 7 heteroatoms. The minimum absolute atomic E-state index is 0.109. The Bertz CT molecular complexity index is 804. The summed E-state index contributed by atoms with van der Waals surface area (Å²) >= 11 is 0. The second kappa shape index (κ2) is 8.55. The van der Waals surface area contributed by atoms with Gasteiger partial charge in [0, 0.05) is 12.2 Å². The Morgan fingerprint density at radius 3 is 2.44 bits per heavy atom. The molecule has 0 bridgehead atoms. The zero-order valence-corrected chi connectivity index (χ0v) is 13.1. The first-order valence-corrected chi connectivity index (χ1v) is 7.37. The topological polar surface area (TPSA) is 70.4 Å². The molecule has 0 unspecified atom stereocenters. The average molecular weight is 344 g/mol. The average Bonchev–Trinajstić information content (AvgIpc) is 2.63. The van der Waals surface area contributed by atoms with Gasteiger partial charge in [-0.15, -0.1) is 0 Å². The Morgan fingerprint density at radius 1 is 1.08 bits per heavy atom. The number of carbonyl (C=O) groups excluding carboxylic acids is 2. The fourth-order valence-electron chi connectivity index (χ4n) is 2.08. The maximum absolute atomic E-state index is 13.1. The fourth-order valence-corrected chi connectivity index (χ4v) is 2.08. The van der Waals surface area contributed by atoms with Gasteiger partial charge < -0.3 is 9.64 Å². The van der Waals surface area contributed by atoms with Crippen molar-refractivity contribution >= 4 is 17.6 Å². The maximum atomic E-state index is 13.1. The molecule has 0 aliphatic heterocycles. The van der Waals surface area contributed by atoms with Crippen LogP contribution < -0.4 is 4.90 Å². The van der Waals surface area contributed by atoms with Gasteiger partial charge in [0.15, 0.2) is 18.2 Å². The van der Waals surface area contributed by atoms with E-state index in [0.29, 0.717) is 11.8 Å². The number of anilines is 1. The highest BCUT2D eigenvalue weighted by Gasteiger charge is 2.18. The largest absolute Gasteiger partial charge is 0.452 e. The molecule has 0 spiro atoms. The highest BCUT2D eigenvalue weighted by molar-refractivity contribution is 5.97. The summed E-state index contributed by atoms with van der Waals surface area (Å²) in [4.78, 5) is 25.5. The third kappa shape index (κ3) is 4.85. The number of hydrogen-bond acceptors (Lipinski definition) is 4. The number of amides is 1. The van der Waals surface area contributed by atoms with Gasteiger partial charge in [-0.25, -0.2) is 13.6 Å². The number of benzene rings is 2. The Kier molecular flexibility index (Phi) is 6.18. The molecule has 0 heterocycles. The molecule has 2 aromatic rings. The Morgan fingerprint density at radius 2 is 1.80 bits per heavy atom. The summed E-state index contributed by atoms with van der Waals surface area (Å²) in [6.07, 6.45) is 0.109. The quantitative estimate of drug-likeness (QED) is 0.755. The molecule has 0 saturated carbocycles. The van der Waals surface area contributed by atoms with Gasteiger partial charge in [-0.05, 0) is 30.3 Å². The SMILES string of the molecule is N#CCCN(C(=O)COC(=O)c1ccc(F)c(F)c1)c1ccccc1. The van der Waals surface area contributed by atoms with Crippen molar-refractivity contribution in [1.29, 1.82) is 5.26 Å². The second-order valence-corrected chi connectivity index (χ2v) is 4.99. The maximum Gasteiger partial charge on any atom is 0.338 e. The normalized spacial score (nSPS) is 9.96. The van der Waals surface area contributed by atoms with E-state index in [1.807, 2.05) is 6.07 Å². The van der Waals surface area contributed by atoms with Crippen molar-refractivity contribution < 1.29 is 23.1 Å². The van der Waals surface area contributed by atoms with Crippen molar-refractivity contribution in [3.63, 3.8) is 0 Å². The van der Waals surface area contributed by atoms with Gasteiger partial charge in [-0.3, -0.25) is 4.79 Å². The number of halogens is 2. The van der Waals surface area contributed by atoms with Crippen LogP contribution in [0.1, 0.15) is 16.8 Å². The monoisotopic (exact) mass is 344 g/mol. The van der Waals surface area contributed by atoms with Crippen LogP contribution in [-0.2, 0) is 9.53 Å². The molecule has 1 amide bonds. The molecule has 0 radical (unpaired) electrons. The molecule has 2 rings (SSSR count).